The number of aliphatic hydroxyl groups is 1. The molecule has 1 aliphatic heterocycles. The molecule has 5 nitrogen and oxygen atoms in total. The smallest absolute Gasteiger partial charge is 0.347 e. The van der Waals surface area contributed by atoms with Gasteiger partial charge in [0.1, 0.15) is 0 Å². The van der Waals surface area contributed by atoms with E-state index < -0.39 is 24.0 Å². The van der Waals surface area contributed by atoms with Gasteiger partial charge in [-0.05, 0) is 6.92 Å². The average Bonchev–Trinajstić information content (AvgIpc) is 2.50. The van der Waals surface area contributed by atoms with Gasteiger partial charge >= 0.3 is 11.9 Å². The van der Waals surface area contributed by atoms with Gasteiger partial charge in [-0.25, -0.2) is 4.79 Å². The molecule has 0 amide bonds. The maximum Gasteiger partial charge on any atom is 0.347 e. The number of aliphatic hydroxyl groups excluding tert-OH is 1. The molecular formula is C8H12O5. The maximum atomic E-state index is 11.1. The fourth-order valence-electron chi connectivity index (χ4n) is 0.915. The van der Waals surface area contributed by atoms with E-state index in [0.29, 0.717) is 13.0 Å². The van der Waals surface area contributed by atoms with E-state index in [4.69, 9.17) is 9.84 Å². The number of carbonyl (C=O) groups excluding carboxylic acids is 2. The topological polar surface area (TPSA) is 72.8 Å². The highest BCUT2D eigenvalue weighted by Gasteiger charge is 2.31. The molecule has 0 bridgehead atoms. The van der Waals surface area contributed by atoms with Crippen molar-refractivity contribution in [2.24, 2.45) is 5.92 Å². The van der Waals surface area contributed by atoms with Crippen LogP contribution in [0.25, 0.3) is 0 Å². The Morgan fingerprint density at radius 3 is 3.00 bits per heavy atom. The van der Waals surface area contributed by atoms with Crippen LogP contribution in [0.15, 0.2) is 0 Å². The van der Waals surface area contributed by atoms with Crippen LogP contribution in [0, 0.1) is 5.92 Å². The zero-order chi connectivity index (χ0) is 9.84. The van der Waals surface area contributed by atoms with Crippen LogP contribution in [0.5, 0.6) is 0 Å². The van der Waals surface area contributed by atoms with Crippen LogP contribution in [-0.2, 0) is 19.1 Å². The third-order valence-corrected chi connectivity index (χ3v) is 1.82. The number of hydrogen-bond donors (Lipinski definition) is 1. The molecule has 0 aromatic carbocycles. The molecule has 2 unspecified atom stereocenters. The molecule has 0 spiro atoms. The molecule has 2 atom stereocenters. The maximum absolute atomic E-state index is 11.1. The molecule has 13 heavy (non-hydrogen) atoms. The van der Waals surface area contributed by atoms with Gasteiger partial charge in [0, 0.05) is 6.42 Å². The summed E-state index contributed by atoms with van der Waals surface area (Å²) in [5, 5.41) is 8.63. The first-order valence-electron chi connectivity index (χ1n) is 4.13. The SMILES string of the molecule is CC(CO)C(=O)OC1CCOC1=O. The summed E-state index contributed by atoms with van der Waals surface area (Å²) in [6, 6.07) is 0. The number of esters is 2. The van der Waals surface area contributed by atoms with Crippen molar-refractivity contribution in [1.29, 1.82) is 0 Å². The lowest BCUT2D eigenvalue weighted by Crippen LogP contribution is -2.27. The van der Waals surface area contributed by atoms with Gasteiger partial charge in [0.05, 0.1) is 19.1 Å². The number of hydrogen-bond acceptors (Lipinski definition) is 5. The molecule has 1 saturated heterocycles. The van der Waals surface area contributed by atoms with Gasteiger partial charge in [-0.15, -0.1) is 0 Å². The standard InChI is InChI=1S/C8H12O5/c1-5(4-9)7(10)13-6-2-3-12-8(6)11/h5-6,9H,2-4H2,1H3. The molecule has 1 fully saturated rings. The van der Waals surface area contributed by atoms with E-state index >= 15 is 0 Å². The molecular weight excluding hydrogens is 176 g/mol. The Morgan fingerprint density at radius 2 is 2.54 bits per heavy atom. The Labute approximate surface area is 75.6 Å². The molecule has 5 heteroatoms. The highest BCUT2D eigenvalue weighted by atomic mass is 16.6. The molecule has 0 aromatic heterocycles. The van der Waals surface area contributed by atoms with E-state index in [9.17, 15) is 9.59 Å². The van der Waals surface area contributed by atoms with E-state index in [1.54, 1.807) is 0 Å². The summed E-state index contributed by atoms with van der Waals surface area (Å²) < 4.78 is 9.40. The van der Waals surface area contributed by atoms with Gasteiger partial charge in [-0.3, -0.25) is 4.79 Å². The van der Waals surface area contributed by atoms with Crippen molar-refractivity contribution < 1.29 is 24.2 Å². The van der Waals surface area contributed by atoms with Gasteiger partial charge in [-0.2, -0.15) is 0 Å². The van der Waals surface area contributed by atoms with Crippen LogP contribution in [0.1, 0.15) is 13.3 Å². The second-order valence-electron chi connectivity index (χ2n) is 2.97. The second-order valence-corrected chi connectivity index (χ2v) is 2.97. The Morgan fingerprint density at radius 1 is 1.85 bits per heavy atom. The van der Waals surface area contributed by atoms with Crippen molar-refractivity contribution in [2.75, 3.05) is 13.2 Å². The summed E-state index contributed by atoms with van der Waals surface area (Å²) in [5.41, 5.74) is 0. The highest BCUT2D eigenvalue weighted by molar-refractivity contribution is 5.81. The average molecular weight is 188 g/mol. The Bertz CT molecular complexity index is 213. The van der Waals surface area contributed by atoms with Gasteiger partial charge in [0.25, 0.3) is 0 Å². The minimum Gasteiger partial charge on any atom is -0.463 e. The monoisotopic (exact) mass is 188 g/mol. The molecule has 0 aromatic rings. The second kappa shape index (κ2) is 4.23. The number of ether oxygens (including phenoxy) is 2. The van der Waals surface area contributed by atoms with Crippen molar-refractivity contribution >= 4 is 11.9 Å². The van der Waals surface area contributed by atoms with Crippen LogP contribution < -0.4 is 0 Å². The minimum absolute atomic E-state index is 0.277. The van der Waals surface area contributed by atoms with Crippen LogP contribution in [0.3, 0.4) is 0 Å². The summed E-state index contributed by atoms with van der Waals surface area (Å²) in [6.45, 7) is 1.55. The van der Waals surface area contributed by atoms with E-state index in [0.717, 1.165) is 0 Å². The first-order valence-corrected chi connectivity index (χ1v) is 4.13. The van der Waals surface area contributed by atoms with Gasteiger partial charge < -0.3 is 14.6 Å². The fraction of sp³-hybridized carbons (Fsp3) is 0.750. The predicted molar refractivity (Wildman–Crippen MR) is 41.7 cm³/mol. The molecule has 1 aliphatic rings. The Hall–Kier alpha value is -1.10. The van der Waals surface area contributed by atoms with E-state index in [2.05, 4.69) is 4.74 Å². The van der Waals surface area contributed by atoms with Crippen molar-refractivity contribution in [3.05, 3.63) is 0 Å². The van der Waals surface area contributed by atoms with Gasteiger partial charge in [-0.1, -0.05) is 0 Å². The summed E-state index contributed by atoms with van der Waals surface area (Å²) in [7, 11) is 0. The lowest BCUT2D eigenvalue weighted by Gasteiger charge is -2.11. The van der Waals surface area contributed by atoms with Crippen molar-refractivity contribution in [1.82, 2.24) is 0 Å². The third kappa shape index (κ3) is 2.42. The zero-order valence-corrected chi connectivity index (χ0v) is 7.36. The normalized spacial score (nSPS) is 23.8. The first kappa shape index (κ1) is 9.98. The minimum atomic E-state index is -0.776. The first-order chi connectivity index (χ1) is 6.15. The highest BCUT2D eigenvalue weighted by Crippen LogP contribution is 2.12. The molecule has 1 N–H and O–H groups in total. The van der Waals surface area contributed by atoms with E-state index in [-0.39, 0.29) is 6.61 Å². The molecule has 1 heterocycles. The van der Waals surface area contributed by atoms with Crippen molar-refractivity contribution in [3.8, 4) is 0 Å². The number of cyclic esters (lactones) is 1. The predicted octanol–water partition coefficient (Wildman–Crippen LogP) is -0.527. The largest absolute Gasteiger partial charge is 0.463 e. The van der Waals surface area contributed by atoms with Crippen LogP contribution >= 0.6 is 0 Å². The van der Waals surface area contributed by atoms with E-state index in [1.807, 2.05) is 0 Å². The van der Waals surface area contributed by atoms with E-state index in [1.165, 1.54) is 6.92 Å². The van der Waals surface area contributed by atoms with Crippen LogP contribution in [0.2, 0.25) is 0 Å². The summed E-state index contributed by atoms with van der Waals surface area (Å²) in [6.07, 6.45) is -0.371. The van der Waals surface area contributed by atoms with Crippen LogP contribution in [-0.4, -0.2) is 36.4 Å². The molecule has 74 valence electrons. The van der Waals surface area contributed by atoms with Crippen molar-refractivity contribution in [3.63, 3.8) is 0 Å². The summed E-state index contributed by atoms with van der Waals surface area (Å²) in [4.78, 5) is 21.9. The van der Waals surface area contributed by atoms with Gasteiger partial charge in [0.2, 0.25) is 6.10 Å². The summed E-state index contributed by atoms with van der Waals surface area (Å²) in [5.74, 6) is -1.65. The Kier molecular flexibility index (Phi) is 3.25. The van der Waals surface area contributed by atoms with Crippen molar-refractivity contribution in [2.45, 2.75) is 19.4 Å². The number of rotatable bonds is 3. The quantitative estimate of drug-likeness (QED) is 0.603. The summed E-state index contributed by atoms with van der Waals surface area (Å²) >= 11 is 0. The van der Waals surface area contributed by atoms with Crippen LogP contribution in [0.4, 0.5) is 0 Å². The molecule has 0 saturated carbocycles. The fourth-order valence-corrected chi connectivity index (χ4v) is 0.915. The zero-order valence-electron chi connectivity index (χ0n) is 7.36. The lowest BCUT2D eigenvalue weighted by molar-refractivity contribution is -0.163. The third-order valence-electron chi connectivity index (χ3n) is 1.82. The molecule has 1 rings (SSSR count). The number of carbonyl (C=O) groups is 2. The molecule has 0 aliphatic carbocycles. The lowest BCUT2D eigenvalue weighted by atomic mass is 10.2. The van der Waals surface area contributed by atoms with Gasteiger partial charge in [0.15, 0.2) is 0 Å². The molecule has 0 radical (unpaired) electrons. The Balaban J connectivity index is 2.39.